The van der Waals surface area contributed by atoms with Crippen molar-refractivity contribution in [3.8, 4) is 17.1 Å². The SMILES string of the molecule is COc1ccc(Cl)cc1-c1nc(SCC(C)C)n[nH]1. The van der Waals surface area contributed by atoms with Crippen LogP contribution >= 0.6 is 23.4 Å². The molecule has 0 atom stereocenters. The molecule has 0 unspecified atom stereocenters. The molecule has 0 aliphatic rings. The largest absolute Gasteiger partial charge is 0.496 e. The summed E-state index contributed by atoms with van der Waals surface area (Å²) in [6.45, 7) is 4.33. The number of nitrogens with zero attached hydrogens (tertiary/aromatic N) is 2. The quantitative estimate of drug-likeness (QED) is 0.851. The molecule has 1 heterocycles. The zero-order valence-corrected chi connectivity index (χ0v) is 12.7. The van der Waals surface area contributed by atoms with E-state index in [9.17, 15) is 0 Å². The van der Waals surface area contributed by atoms with E-state index in [1.54, 1.807) is 24.9 Å². The summed E-state index contributed by atoms with van der Waals surface area (Å²) in [4.78, 5) is 4.46. The molecule has 0 saturated carbocycles. The number of benzene rings is 1. The number of aromatic nitrogens is 3. The van der Waals surface area contributed by atoms with Crippen LogP contribution in [0.3, 0.4) is 0 Å². The number of hydrogen-bond donors (Lipinski definition) is 1. The van der Waals surface area contributed by atoms with Crippen LogP contribution in [0.15, 0.2) is 23.4 Å². The molecule has 4 nitrogen and oxygen atoms in total. The third kappa shape index (κ3) is 3.64. The topological polar surface area (TPSA) is 50.8 Å². The van der Waals surface area contributed by atoms with Crippen LogP contribution in [-0.4, -0.2) is 28.0 Å². The van der Waals surface area contributed by atoms with E-state index in [4.69, 9.17) is 16.3 Å². The molecule has 0 radical (unpaired) electrons. The Morgan fingerprint density at radius 1 is 1.42 bits per heavy atom. The lowest BCUT2D eigenvalue weighted by Gasteiger charge is -2.05. The van der Waals surface area contributed by atoms with E-state index in [1.807, 2.05) is 12.1 Å². The smallest absolute Gasteiger partial charge is 0.208 e. The summed E-state index contributed by atoms with van der Waals surface area (Å²) in [7, 11) is 1.62. The van der Waals surface area contributed by atoms with Crippen molar-refractivity contribution < 1.29 is 4.74 Å². The van der Waals surface area contributed by atoms with Gasteiger partial charge in [0, 0.05) is 10.8 Å². The molecule has 1 aromatic carbocycles. The average molecular weight is 298 g/mol. The standard InChI is InChI=1S/C13H16ClN3OS/c1-8(2)7-19-13-15-12(16-17-13)10-6-9(14)4-5-11(10)18-3/h4-6,8H,7H2,1-3H3,(H,15,16,17). The van der Waals surface area contributed by atoms with Crippen LogP contribution in [0, 0.1) is 5.92 Å². The lowest BCUT2D eigenvalue weighted by molar-refractivity contribution is 0.416. The number of methoxy groups -OCH3 is 1. The summed E-state index contributed by atoms with van der Waals surface area (Å²) >= 11 is 7.64. The Balaban J connectivity index is 2.24. The van der Waals surface area contributed by atoms with Gasteiger partial charge in [0.25, 0.3) is 0 Å². The minimum Gasteiger partial charge on any atom is -0.496 e. The highest BCUT2D eigenvalue weighted by molar-refractivity contribution is 7.99. The normalized spacial score (nSPS) is 11.0. The molecule has 0 aliphatic heterocycles. The third-order valence-corrected chi connectivity index (χ3v) is 3.94. The van der Waals surface area contributed by atoms with Crippen molar-refractivity contribution in [1.29, 1.82) is 0 Å². The van der Waals surface area contributed by atoms with Gasteiger partial charge in [-0.25, -0.2) is 4.98 Å². The molecule has 2 aromatic rings. The number of aromatic amines is 1. The van der Waals surface area contributed by atoms with Gasteiger partial charge < -0.3 is 4.74 Å². The molecular formula is C13H16ClN3OS. The van der Waals surface area contributed by atoms with Crippen molar-refractivity contribution in [1.82, 2.24) is 15.2 Å². The molecule has 0 amide bonds. The van der Waals surface area contributed by atoms with Crippen molar-refractivity contribution in [2.75, 3.05) is 12.9 Å². The second-order valence-electron chi connectivity index (χ2n) is 4.52. The fourth-order valence-corrected chi connectivity index (χ4v) is 2.46. The molecule has 1 N–H and O–H groups in total. The Morgan fingerprint density at radius 2 is 2.21 bits per heavy atom. The molecule has 0 fully saturated rings. The first-order chi connectivity index (χ1) is 9.10. The fraction of sp³-hybridized carbons (Fsp3) is 0.385. The Kier molecular flexibility index (Phi) is 4.71. The summed E-state index contributed by atoms with van der Waals surface area (Å²) < 4.78 is 5.31. The summed E-state index contributed by atoms with van der Waals surface area (Å²) in [5, 5.41) is 8.51. The van der Waals surface area contributed by atoms with Crippen molar-refractivity contribution >= 4 is 23.4 Å². The Hall–Kier alpha value is -1.20. The van der Waals surface area contributed by atoms with Crippen LogP contribution in [0.5, 0.6) is 5.75 Å². The van der Waals surface area contributed by atoms with Gasteiger partial charge in [-0.15, -0.1) is 5.10 Å². The number of halogens is 1. The molecule has 0 spiro atoms. The number of H-pyrrole nitrogens is 1. The summed E-state index contributed by atoms with van der Waals surface area (Å²) in [6, 6.07) is 5.42. The maximum absolute atomic E-state index is 6.01. The van der Waals surface area contributed by atoms with Gasteiger partial charge in [-0.1, -0.05) is 37.2 Å². The first-order valence-electron chi connectivity index (χ1n) is 5.99. The average Bonchev–Trinajstić information content (AvgIpc) is 2.85. The second kappa shape index (κ2) is 6.30. The summed E-state index contributed by atoms with van der Waals surface area (Å²) in [6.07, 6.45) is 0. The van der Waals surface area contributed by atoms with E-state index in [0.29, 0.717) is 16.8 Å². The molecular weight excluding hydrogens is 282 g/mol. The van der Waals surface area contributed by atoms with E-state index in [1.165, 1.54) is 0 Å². The van der Waals surface area contributed by atoms with Gasteiger partial charge in [0.2, 0.25) is 5.16 Å². The number of nitrogens with one attached hydrogen (secondary N) is 1. The maximum Gasteiger partial charge on any atom is 0.208 e. The van der Waals surface area contributed by atoms with Crippen molar-refractivity contribution in [2.24, 2.45) is 5.92 Å². The van der Waals surface area contributed by atoms with Crippen LogP contribution in [0.2, 0.25) is 5.02 Å². The van der Waals surface area contributed by atoms with Crippen LogP contribution in [0.4, 0.5) is 0 Å². The van der Waals surface area contributed by atoms with Crippen molar-refractivity contribution in [3.63, 3.8) is 0 Å². The van der Waals surface area contributed by atoms with Crippen LogP contribution in [-0.2, 0) is 0 Å². The van der Waals surface area contributed by atoms with Crippen molar-refractivity contribution in [2.45, 2.75) is 19.0 Å². The van der Waals surface area contributed by atoms with Gasteiger partial charge in [-0.05, 0) is 24.1 Å². The molecule has 2 rings (SSSR count). The highest BCUT2D eigenvalue weighted by Gasteiger charge is 2.12. The van der Waals surface area contributed by atoms with Gasteiger partial charge in [-0.2, -0.15) is 0 Å². The molecule has 0 aliphatic carbocycles. The minimum absolute atomic E-state index is 0.604. The van der Waals surface area contributed by atoms with Crippen LogP contribution in [0.1, 0.15) is 13.8 Å². The van der Waals surface area contributed by atoms with Crippen LogP contribution in [0.25, 0.3) is 11.4 Å². The van der Waals surface area contributed by atoms with Gasteiger partial charge in [-0.3, -0.25) is 5.10 Å². The molecule has 1 aromatic heterocycles. The van der Waals surface area contributed by atoms with E-state index in [0.717, 1.165) is 22.2 Å². The second-order valence-corrected chi connectivity index (χ2v) is 5.94. The number of hydrogen-bond acceptors (Lipinski definition) is 4. The van der Waals surface area contributed by atoms with E-state index >= 15 is 0 Å². The molecule has 0 saturated heterocycles. The first kappa shape index (κ1) is 14.2. The van der Waals surface area contributed by atoms with E-state index in [-0.39, 0.29) is 0 Å². The van der Waals surface area contributed by atoms with Gasteiger partial charge in [0.15, 0.2) is 5.82 Å². The van der Waals surface area contributed by atoms with E-state index < -0.39 is 0 Å². The highest BCUT2D eigenvalue weighted by Crippen LogP contribution is 2.31. The van der Waals surface area contributed by atoms with Gasteiger partial charge in [0.1, 0.15) is 5.75 Å². The molecule has 6 heteroatoms. The maximum atomic E-state index is 6.01. The predicted octanol–water partition coefficient (Wildman–Crippen LogP) is 3.88. The zero-order chi connectivity index (χ0) is 13.8. The van der Waals surface area contributed by atoms with Crippen LogP contribution < -0.4 is 4.74 Å². The summed E-state index contributed by atoms with van der Waals surface area (Å²) in [5.41, 5.74) is 0.818. The lowest BCUT2D eigenvalue weighted by Crippen LogP contribution is -1.91. The molecule has 102 valence electrons. The monoisotopic (exact) mass is 297 g/mol. The van der Waals surface area contributed by atoms with Gasteiger partial charge >= 0.3 is 0 Å². The minimum atomic E-state index is 0.604. The predicted molar refractivity (Wildman–Crippen MR) is 78.9 cm³/mol. The molecule has 0 bridgehead atoms. The fourth-order valence-electron chi connectivity index (χ4n) is 1.54. The summed E-state index contributed by atoms with van der Waals surface area (Å²) in [5.74, 6) is 2.99. The third-order valence-electron chi connectivity index (χ3n) is 2.43. The Bertz CT molecular complexity index is 557. The lowest BCUT2D eigenvalue weighted by atomic mass is 10.2. The Labute approximate surface area is 121 Å². The number of ether oxygens (including phenoxy) is 1. The zero-order valence-electron chi connectivity index (χ0n) is 11.1. The van der Waals surface area contributed by atoms with Gasteiger partial charge in [0.05, 0.1) is 12.7 Å². The Morgan fingerprint density at radius 3 is 2.89 bits per heavy atom. The first-order valence-corrected chi connectivity index (χ1v) is 7.35. The van der Waals surface area contributed by atoms with Crippen molar-refractivity contribution in [3.05, 3.63) is 23.2 Å². The number of rotatable bonds is 5. The molecule has 19 heavy (non-hydrogen) atoms. The highest BCUT2D eigenvalue weighted by atomic mass is 35.5. The van der Waals surface area contributed by atoms with E-state index in [2.05, 4.69) is 29.0 Å². The number of thioether (sulfide) groups is 1.